The lowest BCUT2D eigenvalue weighted by Gasteiger charge is -2.11. The number of aromatic nitrogens is 2. The maximum atomic E-state index is 11.8. The highest BCUT2D eigenvalue weighted by Gasteiger charge is 2.14. The first-order chi connectivity index (χ1) is 9.55. The van der Waals surface area contributed by atoms with Crippen LogP contribution in [0.5, 0.6) is 0 Å². The Bertz CT molecular complexity index is 637. The SMILES string of the molecule is CCc1cc(Nc2ccc(Cl)cc2C(=O)OC)n(C)n1. The van der Waals surface area contributed by atoms with Crippen LogP contribution in [-0.2, 0) is 18.2 Å². The zero-order valence-electron chi connectivity index (χ0n) is 11.6. The molecule has 1 aromatic heterocycles. The number of ether oxygens (including phenoxy) is 1. The maximum absolute atomic E-state index is 11.8. The maximum Gasteiger partial charge on any atom is 0.340 e. The third-order valence-corrected chi connectivity index (χ3v) is 3.18. The molecule has 0 unspecified atom stereocenters. The van der Waals surface area contributed by atoms with E-state index in [2.05, 4.69) is 10.4 Å². The second kappa shape index (κ2) is 5.96. The van der Waals surface area contributed by atoms with Gasteiger partial charge in [-0.3, -0.25) is 4.68 Å². The number of methoxy groups -OCH3 is 1. The zero-order valence-corrected chi connectivity index (χ0v) is 12.4. The van der Waals surface area contributed by atoms with Crippen LogP contribution in [0, 0.1) is 0 Å². The molecule has 0 saturated heterocycles. The summed E-state index contributed by atoms with van der Waals surface area (Å²) in [6, 6.07) is 6.98. The fourth-order valence-electron chi connectivity index (χ4n) is 1.86. The van der Waals surface area contributed by atoms with Gasteiger partial charge < -0.3 is 10.1 Å². The number of carbonyl (C=O) groups excluding carboxylic acids is 1. The van der Waals surface area contributed by atoms with Crippen LogP contribution in [0.25, 0.3) is 0 Å². The molecule has 0 aliphatic heterocycles. The number of hydrogen-bond acceptors (Lipinski definition) is 4. The van der Waals surface area contributed by atoms with Crippen LogP contribution in [0.4, 0.5) is 11.5 Å². The number of hydrogen-bond donors (Lipinski definition) is 1. The van der Waals surface area contributed by atoms with Gasteiger partial charge in [-0.15, -0.1) is 0 Å². The molecule has 2 rings (SSSR count). The second-order valence-corrected chi connectivity index (χ2v) is 4.74. The van der Waals surface area contributed by atoms with Crippen molar-refractivity contribution in [3.8, 4) is 0 Å². The molecule has 1 heterocycles. The van der Waals surface area contributed by atoms with E-state index >= 15 is 0 Å². The van der Waals surface area contributed by atoms with E-state index in [0.29, 0.717) is 16.3 Å². The summed E-state index contributed by atoms with van der Waals surface area (Å²) < 4.78 is 6.50. The van der Waals surface area contributed by atoms with Crippen LogP contribution in [0.2, 0.25) is 5.02 Å². The summed E-state index contributed by atoms with van der Waals surface area (Å²) in [6.45, 7) is 2.04. The molecule has 0 radical (unpaired) electrons. The molecule has 0 bridgehead atoms. The van der Waals surface area contributed by atoms with Crippen molar-refractivity contribution in [2.24, 2.45) is 7.05 Å². The predicted molar refractivity (Wildman–Crippen MR) is 78.7 cm³/mol. The summed E-state index contributed by atoms with van der Waals surface area (Å²) in [5.74, 6) is 0.363. The molecule has 0 fully saturated rings. The van der Waals surface area contributed by atoms with Gasteiger partial charge in [0.25, 0.3) is 0 Å². The second-order valence-electron chi connectivity index (χ2n) is 4.30. The number of nitrogens with one attached hydrogen (secondary N) is 1. The van der Waals surface area contributed by atoms with Crippen LogP contribution < -0.4 is 5.32 Å². The molecule has 1 aromatic carbocycles. The number of carbonyl (C=O) groups is 1. The summed E-state index contributed by atoms with van der Waals surface area (Å²) in [6.07, 6.45) is 0.847. The Morgan fingerprint density at radius 1 is 1.45 bits per heavy atom. The van der Waals surface area contributed by atoms with Crippen molar-refractivity contribution in [2.45, 2.75) is 13.3 Å². The highest BCUT2D eigenvalue weighted by molar-refractivity contribution is 6.31. The lowest BCUT2D eigenvalue weighted by atomic mass is 10.2. The average molecular weight is 294 g/mol. The molecule has 0 amide bonds. The minimum Gasteiger partial charge on any atom is -0.465 e. The molecule has 0 saturated carbocycles. The summed E-state index contributed by atoms with van der Waals surface area (Å²) in [5, 5.41) is 8.01. The van der Waals surface area contributed by atoms with Gasteiger partial charge in [-0.1, -0.05) is 18.5 Å². The van der Waals surface area contributed by atoms with Crippen molar-refractivity contribution >= 4 is 29.1 Å². The van der Waals surface area contributed by atoms with Crippen LogP contribution in [-0.4, -0.2) is 22.9 Å². The normalized spacial score (nSPS) is 10.4. The van der Waals surface area contributed by atoms with E-state index in [9.17, 15) is 4.79 Å². The first-order valence-electron chi connectivity index (χ1n) is 6.23. The molecule has 5 nitrogen and oxygen atoms in total. The molecule has 0 spiro atoms. The van der Waals surface area contributed by atoms with Crippen molar-refractivity contribution in [3.63, 3.8) is 0 Å². The lowest BCUT2D eigenvalue weighted by Crippen LogP contribution is -2.07. The number of rotatable bonds is 4. The summed E-state index contributed by atoms with van der Waals surface area (Å²) in [4.78, 5) is 11.8. The molecule has 2 aromatic rings. The minimum absolute atomic E-state index is 0.388. The Morgan fingerprint density at radius 2 is 2.20 bits per heavy atom. The third kappa shape index (κ3) is 2.93. The van der Waals surface area contributed by atoms with E-state index in [-0.39, 0.29) is 0 Å². The van der Waals surface area contributed by atoms with Crippen molar-refractivity contribution in [1.82, 2.24) is 9.78 Å². The highest BCUT2D eigenvalue weighted by atomic mass is 35.5. The lowest BCUT2D eigenvalue weighted by molar-refractivity contribution is 0.0602. The van der Waals surface area contributed by atoms with E-state index in [4.69, 9.17) is 16.3 Å². The summed E-state index contributed by atoms with van der Waals surface area (Å²) in [5.41, 5.74) is 2.00. The van der Waals surface area contributed by atoms with E-state index in [1.807, 2.05) is 20.0 Å². The van der Waals surface area contributed by atoms with Gasteiger partial charge in [0.15, 0.2) is 0 Å². The first-order valence-corrected chi connectivity index (χ1v) is 6.60. The molecular formula is C14H16ClN3O2. The van der Waals surface area contributed by atoms with E-state index in [0.717, 1.165) is 17.9 Å². The van der Waals surface area contributed by atoms with E-state index < -0.39 is 5.97 Å². The zero-order chi connectivity index (χ0) is 14.7. The predicted octanol–water partition coefficient (Wildman–Crippen LogP) is 3.17. The van der Waals surface area contributed by atoms with Gasteiger partial charge in [-0.25, -0.2) is 4.79 Å². The quantitative estimate of drug-likeness (QED) is 0.880. The Labute approximate surface area is 122 Å². The van der Waals surface area contributed by atoms with Crippen molar-refractivity contribution in [3.05, 3.63) is 40.5 Å². The Morgan fingerprint density at radius 3 is 2.80 bits per heavy atom. The minimum atomic E-state index is -0.437. The van der Waals surface area contributed by atoms with Gasteiger partial charge in [-0.05, 0) is 24.6 Å². The standard InChI is InChI=1S/C14H16ClN3O2/c1-4-10-8-13(18(2)17-10)16-12-6-5-9(15)7-11(12)14(19)20-3/h5-8,16H,4H2,1-3H3. The first kappa shape index (κ1) is 14.4. The molecule has 106 valence electrons. The Kier molecular flexibility index (Phi) is 4.29. The number of aryl methyl sites for hydroxylation is 2. The molecule has 0 aliphatic rings. The third-order valence-electron chi connectivity index (χ3n) is 2.94. The van der Waals surface area contributed by atoms with Gasteiger partial charge in [0.2, 0.25) is 0 Å². The number of benzene rings is 1. The summed E-state index contributed by atoms with van der Waals surface area (Å²) in [7, 11) is 3.18. The Balaban J connectivity index is 2.37. The number of nitrogens with zero attached hydrogens (tertiary/aromatic N) is 2. The number of anilines is 2. The molecule has 6 heteroatoms. The van der Waals surface area contributed by atoms with Crippen LogP contribution in [0.1, 0.15) is 23.0 Å². The summed E-state index contributed by atoms with van der Waals surface area (Å²) >= 11 is 5.93. The van der Waals surface area contributed by atoms with Crippen molar-refractivity contribution in [1.29, 1.82) is 0 Å². The van der Waals surface area contributed by atoms with Gasteiger partial charge in [0.1, 0.15) is 5.82 Å². The number of esters is 1. The number of halogens is 1. The Hall–Kier alpha value is -2.01. The monoisotopic (exact) mass is 293 g/mol. The fraction of sp³-hybridized carbons (Fsp3) is 0.286. The van der Waals surface area contributed by atoms with Gasteiger partial charge >= 0.3 is 5.97 Å². The molecule has 0 atom stereocenters. The largest absolute Gasteiger partial charge is 0.465 e. The molecule has 0 aliphatic carbocycles. The van der Waals surface area contributed by atoms with Gasteiger partial charge in [0, 0.05) is 18.1 Å². The van der Waals surface area contributed by atoms with Crippen molar-refractivity contribution < 1.29 is 9.53 Å². The van der Waals surface area contributed by atoms with E-state index in [1.165, 1.54) is 7.11 Å². The molecule has 20 heavy (non-hydrogen) atoms. The fourth-order valence-corrected chi connectivity index (χ4v) is 2.03. The van der Waals surface area contributed by atoms with E-state index in [1.54, 1.807) is 22.9 Å². The van der Waals surface area contributed by atoms with Crippen LogP contribution in [0.3, 0.4) is 0 Å². The van der Waals surface area contributed by atoms with Gasteiger partial charge in [0.05, 0.1) is 24.1 Å². The molecular weight excluding hydrogens is 278 g/mol. The highest BCUT2D eigenvalue weighted by Crippen LogP contribution is 2.25. The molecule has 1 N–H and O–H groups in total. The van der Waals surface area contributed by atoms with Crippen LogP contribution in [0.15, 0.2) is 24.3 Å². The average Bonchev–Trinajstić information content (AvgIpc) is 2.80. The van der Waals surface area contributed by atoms with Gasteiger partial charge in [-0.2, -0.15) is 5.10 Å². The van der Waals surface area contributed by atoms with Crippen LogP contribution >= 0.6 is 11.6 Å². The smallest absolute Gasteiger partial charge is 0.340 e. The van der Waals surface area contributed by atoms with Crippen molar-refractivity contribution in [2.75, 3.05) is 12.4 Å². The topological polar surface area (TPSA) is 56.1 Å².